The Labute approximate surface area is 146 Å². The minimum absolute atomic E-state index is 0.179. The van der Waals surface area contributed by atoms with Crippen molar-refractivity contribution in [1.29, 1.82) is 0 Å². The van der Waals surface area contributed by atoms with Crippen LogP contribution in [-0.4, -0.2) is 25.0 Å². The van der Waals surface area contributed by atoms with E-state index in [1.165, 1.54) is 9.13 Å². The summed E-state index contributed by atoms with van der Waals surface area (Å²) in [6.45, 7) is 4.25. The molecule has 0 spiro atoms. The highest BCUT2D eigenvalue weighted by atomic mass is 16.2. The second-order valence-corrected chi connectivity index (χ2v) is 6.67. The van der Waals surface area contributed by atoms with Crippen molar-refractivity contribution in [2.24, 2.45) is 13.0 Å². The molecule has 130 valence electrons. The summed E-state index contributed by atoms with van der Waals surface area (Å²) < 4.78 is 2.67. The summed E-state index contributed by atoms with van der Waals surface area (Å²) in [6, 6.07) is 5.60. The Hall–Kier alpha value is -2.76. The van der Waals surface area contributed by atoms with E-state index in [2.05, 4.69) is 23.8 Å². The van der Waals surface area contributed by atoms with Gasteiger partial charge in [-0.15, -0.1) is 0 Å². The maximum atomic E-state index is 12.6. The van der Waals surface area contributed by atoms with Gasteiger partial charge in [-0.3, -0.25) is 14.3 Å². The third-order valence-corrected chi connectivity index (χ3v) is 4.30. The van der Waals surface area contributed by atoms with Crippen LogP contribution in [0.1, 0.15) is 37.9 Å². The molecule has 3 heterocycles. The molecule has 0 N–H and O–H groups in total. The largest absolute Gasteiger partial charge is 0.336 e. The molecule has 0 aliphatic rings. The lowest BCUT2D eigenvalue weighted by Gasteiger charge is -2.05. The molecule has 0 unspecified atom stereocenters. The van der Waals surface area contributed by atoms with Crippen molar-refractivity contribution < 1.29 is 4.79 Å². The average Bonchev–Trinajstić information content (AvgIpc) is 2.86. The van der Waals surface area contributed by atoms with E-state index in [9.17, 15) is 9.59 Å². The molecule has 0 atom stereocenters. The smallest absolute Gasteiger partial charge is 0.279 e. The quantitative estimate of drug-likeness (QED) is 0.716. The van der Waals surface area contributed by atoms with Gasteiger partial charge >= 0.3 is 5.69 Å². The summed E-state index contributed by atoms with van der Waals surface area (Å²) in [7, 11) is 1.64. The van der Waals surface area contributed by atoms with Crippen LogP contribution in [-0.2, 0) is 7.05 Å². The van der Waals surface area contributed by atoms with Crippen LogP contribution in [0.5, 0.6) is 0 Å². The Kier molecular flexibility index (Phi) is 4.79. The molecule has 3 rings (SSSR count). The minimum Gasteiger partial charge on any atom is -0.279 e. The normalized spacial score (nSPS) is 11.4. The SMILES string of the molecule is CC(C)CCCC(=O)n1c(=O)n(C)c2ncc(-c3cccnc3)cc21. The first-order valence-electron chi connectivity index (χ1n) is 8.50. The fourth-order valence-corrected chi connectivity index (χ4v) is 2.92. The van der Waals surface area contributed by atoms with E-state index in [4.69, 9.17) is 0 Å². The first-order chi connectivity index (χ1) is 12.0. The van der Waals surface area contributed by atoms with Crippen molar-refractivity contribution in [2.45, 2.75) is 33.1 Å². The molecule has 0 amide bonds. The third-order valence-electron chi connectivity index (χ3n) is 4.30. The van der Waals surface area contributed by atoms with Gasteiger partial charge in [-0.1, -0.05) is 26.3 Å². The van der Waals surface area contributed by atoms with Crippen LogP contribution < -0.4 is 5.69 Å². The Morgan fingerprint density at radius 2 is 2.04 bits per heavy atom. The first-order valence-corrected chi connectivity index (χ1v) is 8.50. The van der Waals surface area contributed by atoms with Crippen LogP contribution in [0.25, 0.3) is 22.3 Å². The van der Waals surface area contributed by atoms with E-state index in [0.29, 0.717) is 23.5 Å². The predicted molar refractivity (Wildman–Crippen MR) is 97.5 cm³/mol. The molecule has 25 heavy (non-hydrogen) atoms. The average molecular weight is 338 g/mol. The Bertz CT molecular complexity index is 955. The number of carbonyl (C=O) groups excluding carboxylic acids is 1. The molecular weight excluding hydrogens is 316 g/mol. The number of pyridine rings is 2. The van der Waals surface area contributed by atoms with Crippen LogP contribution in [0.2, 0.25) is 0 Å². The van der Waals surface area contributed by atoms with E-state index >= 15 is 0 Å². The zero-order valence-corrected chi connectivity index (χ0v) is 14.8. The van der Waals surface area contributed by atoms with Gasteiger partial charge in [0.1, 0.15) is 0 Å². The molecule has 6 nitrogen and oxygen atoms in total. The zero-order chi connectivity index (χ0) is 18.0. The summed E-state index contributed by atoms with van der Waals surface area (Å²) in [5.74, 6) is 0.359. The Balaban J connectivity index is 2.04. The number of aromatic nitrogens is 4. The second kappa shape index (κ2) is 7.01. The van der Waals surface area contributed by atoms with E-state index in [0.717, 1.165) is 24.0 Å². The van der Waals surface area contributed by atoms with E-state index in [1.807, 2.05) is 18.2 Å². The lowest BCUT2D eigenvalue weighted by Crippen LogP contribution is -2.27. The Morgan fingerprint density at radius 3 is 2.72 bits per heavy atom. The molecule has 6 heteroatoms. The van der Waals surface area contributed by atoms with Gasteiger partial charge in [-0.25, -0.2) is 14.3 Å². The number of hydrogen-bond acceptors (Lipinski definition) is 4. The molecule has 0 aromatic carbocycles. The fourth-order valence-electron chi connectivity index (χ4n) is 2.92. The predicted octanol–water partition coefficient (Wildman–Crippen LogP) is 3.26. The van der Waals surface area contributed by atoms with Gasteiger partial charge in [-0.05, 0) is 24.5 Å². The second-order valence-electron chi connectivity index (χ2n) is 6.67. The molecule has 0 aliphatic heterocycles. The molecular formula is C19H22N4O2. The monoisotopic (exact) mass is 338 g/mol. The topological polar surface area (TPSA) is 69.8 Å². The zero-order valence-electron chi connectivity index (χ0n) is 14.8. The summed E-state index contributed by atoms with van der Waals surface area (Å²) in [5, 5.41) is 0. The first kappa shape index (κ1) is 17.1. The van der Waals surface area contributed by atoms with Crippen LogP contribution in [0.15, 0.2) is 41.6 Å². The lowest BCUT2D eigenvalue weighted by atomic mass is 10.1. The highest BCUT2D eigenvalue weighted by Gasteiger charge is 2.18. The maximum Gasteiger partial charge on any atom is 0.336 e. The molecule has 0 aliphatic carbocycles. The Morgan fingerprint density at radius 1 is 1.24 bits per heavy atom. The molecule has 0 bridgehead atoms. The van der Waals surface area contributed by atoms with Crippen LogP contribution in [0.3, 0.4) is 0 Å². The standard InChI is InChI=1S/C19H22N4O2/c1-13(2)6-4-8-17(24)23-16-10-15(14-7-5-9-20-11-14)12-21-18(16)22(3)19(23)25/h5,7,9-13H,4,6,8H2,1-3H3. The van der Waals surface area contributed by atoms with Crippen molar-refractivity contribution in [3.63, 3.8) is 0 Å². The van der Waals surface area contributed by atoms with Crippen LogP contribution in [0, 0.1) is 5.92 Å². The molecule has 3 aromatic rings. The van der Waals surface area contributed by atoms with Crippen LogP contribution >= 0.6 is 0 Å². The van der Waals surface area contributed by atoms with E-state index in [-0.39, 0.29) is 11.6 Å². The summed E-state index contributed by atoms with van der Waals surface area (Å²) >= 11 is 0. The van der Waals surface area contributed by atoms with Gasteiger partial charge in [0.15, 0.2) is 5.65 Å². The van der Waals surface area contributed by atoms with Crippen molar-refractivity contribution >= 4 is 17.1 Å². The molecule has 0 radical (unpaired) electrons. The summed E-state index contributed by atoms with van der Waals surface area (Å²) in [4.78, 5) is 33.7. The molecule has 0 saturated heterocycles. The van der Waals surface area contributed by atoms with Crippen molar-refractivity contribution in [3.8, 4) is 11.1 Å². The van der Waals surface area contributed by atoms with E-state index in [1.54, 1.807) is 25.6 Å². The van der Waals surface area contributed by atoms with Gasteiger partial charge < -0.3 is 0 Å². The number of aryl methyl sites for hydroxylation is 1. The van der Waals surface area contributed by atoms with E-state index < -0.39 is 0 Å². The fraction of sp³-hybridized carbons (Fsp3) is 0.368. The molecule has 0 fully saturated rings. The summed E-state index contributed by atoms with van der Waals surface area (Å²) in [5.41, 5.74) is 2.43. The van der Waals surface area contributed by atoms with Crippen LogP contribution in [0.4, 0.5) is 0 Å². The number of hydrogen-bond donors (Lipinski definition) is 0. The lowest BCUT2D eigenvalue weighted by molar-refractivity contribution is 0.0898. The van der Waals surface area contributed by atoms with Gasteiger partial charge in [0, 0.05) is 43.2 Å². The number of imidazole rings is 1. The third kappa shape index (κ3) is 3.38. The highest BCUT2D eigenvalue weighted by molar-refractivity contribution is 5.90. The highest BCUT2D eigenvalue weighted by Crippen LogP contribution is 2.21. The number of fused-ring (bicyclic) bond motifs is 1. The van der Waals surface area contributed by atoms with Gasteiger partial charge in [0.25, 0.3) is 0 Å². The molecule has 3 aromatic heterocycles. The minimum atomic E-state index is -0.347. The summed E-state index contributed by atoms with van der Waals surface area (Å²) in [6.07, 6.45) is 7.23. The van der Waals surface area contributed by atoms with Gasteiger partial charge in [-0.2, -0.15) is 0 Å². The number of nitrogens with zero attached hydrogens (tertiary/aromatic N) is 4. The van der Waals surface area contributed by atoms with Crippen molar-refractivity contribution in [1.82, 2.24) is 19.1 Å². The van der Waals surface area contributed by atoms with Crippen molar-refractivity contribution in [2.75, 3.05) is 0 Å². The molecule has 0 saturated carbocycles. The maximum absolute atomic E-state index is 12.6. The van der Waals surface area contributed by atoms with Gasteiger partial charge in [0.05, 0.1) is 5.52 Å². The number of carbonyl (C=O) groups is 1. The number of rotatable bonds is 5. The van der Waals surface area contributed by atoms with Crippen molar-refractivity contribution in [3.05, 3.63) is 47.3 Å². The van der Waals surface area contributed by atoms with Gasteiger partial charge in [0.2, 0.25) is 5.91 Å².